The summed E-state index contributed by atoms with van der Waals surface area (Å²) < 4.78 is 33.9. The van der Waals surface area contributed by atoms with Crippen molar-refractivity contribution in [2.75, 3.05) is 6.61 Å². The van der Waals surface area contributed by atoms with Gasteiger partial charge in [0.05, 0.1) is 24.7 Å². The van der Waals surface area contributed by atoms with E-state index in [9.17, 15) is 9.59 Å². The Morgan fingerprint density at radius 1 is 0.831 bits per heavy atom. The van der Waals surface area contributed by atoms with Crippen molar-refractivity contribution in [3.63, 3.8) is 0 Å². The van der Waals surface area contributed by atoms with Gasteiger partial charge in [-0.15, -0.1) is 6.58 Å². The van der Waals surface area contributed by atoms with Crippen LogP contribution in [0.4, 0.5) is 0 Å². The lowest BCUT2D eigenvalue weighted by Gasteiger charge is -2.61. The highest BCUT2D eigenvalue weighted by Gasteiger charge is 2.61. The minimum absolute atomic E-state index is 0.0379. The van der Waals surface area contributed by atoms with Gasteiger partial charge >= 0.3 is 5.97 Å². The number of carbonyl (C=O) groups excluding carboxylic acids is 2. The van der Waals surface area contributed by atoms with Crippen molar-refractivity contribution >= 4 is 11.9 Å². The lowest BCUT2D eigenvalue weighted by Crippen LogP contribution is -2.66. The number of ether oxygens (including phenoxy) is 5. The average Bonchev–Trinajstić information content (AvgIpc) is 3.64. The van der Waals surface area contributed by atoms with Gasteiger partial charge in [-0.05, 0) is 148 Å². The Balaban J connectivity index is 1.11. The summed E-state index contributed by atoms with van der Waals surface area (Å²) in [5.74, 6) is 5.02. The first kappa shape index (κ1) is 49.9. The van der Waals surface area contributed by atoms with E-state index in [0.29, 0.717) is 24.4 Å². The molecule has 1 saturated heterocycles. The molecule has 1 amide bonds. The zero-order valence-corrected chi connectivity index (χ0v) is 41.4. The summed E-state index contributed by atoms with van der Waals surface area (Å²) in [7, 11) is 0. The average molecular weight is 896 g/mol. The smallest absolute Gasteiger partial charge is 0.311 e. The quantitative estimate of drug-likeness (QED) is 0.0853. The predicted molar refractivity (Wildman–Crippen MR) is 258 cm³/mol. The molecule has 0 aromatic heterocycles. The molecule has 1 heterocycles. The molecule has 5 fully saturated rings. The second-order valence-electron chi connectivity index (χ2n) is 23.1. The lowest BCUT2D eigenvalue weighted by atomic mass is 9.44. The van der Waals surface area contributed by atoms with Crippen LogP contribution in [0.1, 0.15) is 156 Å². The van der Waals surface area contributed by atoms with Crippen LogP contribution in [0.15, 0.2) is 73.3 Å². The van der Waals surface area contributed by atoms with E-state index in [1.54, 1.807) is 6.08 Å². The van der Waals surface area contributed by atoms with Crippen molar-refractivity contribution in [2.45, 2.75) is 195 Å². The molecule has 65 heavy (non-hydrogen) atoms. The molecule has 0 spiro atoms. The molecule has 1 unspecified atom stereocenters. The fraction of sp³-hybridized carbons (Fsp3) is 0.719. The van der Waals surface area contributed by atoms with Crippen LogP contribution in [0, 0.1) is 57.7 Å². The first-order chi connectivity index (χ1) is 31.1. The summed E-state index contributed by atoms with van der Waals surface area (Å²) in [6, 6.07) is 19.4. The molecule has 14 atom stereocenters. The predicted octanol–water partition coefficient (Wildman–Crippen LogP) is 12.4. The zero-order valence-electron chi connectivity index (χ0n) is 41.4. The summed E-state index contributed by atoms with van der Waals surface area (Å²) >= 11 is 0. The second-order valence-corrected chi connectivity index (χ2v) is 23.1. The van der Waals surface area contributed by atoms with Crippen molar-refractivity contribution in [1.29, 1.82) is 0 Å². The second kappa shape index (κ2) is 21.9. The molecule has 7 rings (SSSR count). The minimum Gasteiger partial charge on any atom is -0.462 e. The number of rotatable bonds is 19. The fourth-order valence-electron chi connectivity index (χ4n) is 13.7. The molecule has 360 valence electrons. The monoisotopic (exact) mass is 896 g/mol. The molecule has 8 nitrogen and oxygen atoms in total. The van der Waals surface area contributed by atoms with E-state index in [1.165, 1.54) is 57.8 Å². The first-order valence-electron chi connectivity index (χ1n) is 25.8. The summed E-state index contributed by atoms with van der Waals surface area (Å²) in [5.41, 5.74) is 2.06. The number of allylic oxidation sites excluding steroid dienone is 1. The van der Waals surface area contributed by atoms with Crippen LogP contribution < -0.4 is 5.32 Å². The summed E-state index contributed by atoms with van der Waals surface area (Å²) in [5, 5.41) is 3.32. The van der Waals surface area contributed by atoms with Gasteiger partial charge in [0.1, 0.15) is 31.0 Å². The van der Waals surface area contributed by atoms with Gasteiger partial charge in [0.15, 0.2) is 6.29 Å². The molecule has 1 aliphatic heterocycles. The fourth-order valence-corrected chi connectivity index (χ4v) is 13.7. The highest BCUT2D eigenvalue weighted by atomic mass is 16.7. The van der Waals surface area contributed by atoms with E-state index in [0.717, 1.165) is 65.9 Å². The molecule has 2 aromatic rings. The van der Waals surface area contributed by atoms with Gasteiger partial charge in [0.2, 0.25) is 5.91 Å². The number of hydrogen-bond acceptors (Lipinski definition) is 7. The number of hydrogen-bond donors (Lipinski definition) is 1. The topological polar surface area (TPSA) is 92.3 Å². The Morgan fingerprint density at radius 3 is 2.12 bits per heavy atom. The Labute approximate surface area is 393 Å². The number of esters is 1. The van der Waals surface area contributed by atoms with E-state index in [2.05, 4.69) is 46.5 Å². The molecule has 2 aromatic carbocycles. The Morgan fingerprint density at radius 2 is 1.48 bits per heavy atom. The number of fused-ring (bicyclic) bond motifs is 5. The summed E-state index contributed by atoms with van der Waals surface area (Å²) in [6.07, 6.45) is 14.9. The molecule has 1 N–H and O–H groups in total. The van der Waals surface area contributed by atoms with Crippen molar-refractivity contribution < 1.29 is 33.3 Å². The zero-order chi connectivity index (χ0) is 46.4. The maximum absolute atomic E-state index is 13.8. The van der Waals surface area contributed by atoms with E-state index in [4.69, 9.17) is 23.7 Å². The van der Waals surface area contributed by atoms with Gasteiger partial charge in [0, 0.05) is 6.42 Å². The molecule has 0 radical (unpaired) electrons. The molecule has 0 bridgehead atoms. The molecule has 8 heteroatoms. The molecular weight excluding hydrogens is 811 g/mol. The largest absolute Gasteiger partial charge is 0.462 e. The molecule has 4 saturated carbocycles. The highest BCUT2D eigenvalue weighted by Crippen LogP contribution is 2.68. The van der Waals surface area contributed by atoms with Gasteiger partial charge in [-0.25, -0.2) is 0 Å². The standard InChI is InChI=1S/C57H85NO7/c1-10-11-25-49(59)58-50-52(62-36-41-23-16-13-17-24-41)51(61-35-40-21-14-12-15-22-40)48(37-63-54(60)55(5,6)7)65-53(50)64-43-30-32-56(8)42(34-43)26-27-44-46-29-28-45(39(4)20-18-19-38(2)3)57(46,9)33-31-47(44)56/h10,12-17,21-24,38-39,42-48,50-53H,1,11,18-20,25-37H2,2-9H3,(H,58,59)/t39-,42?,43+,44+,45-,46+,47+,48-,50-,51-,52-,53-,56+,57-/m1/s1. The van der Waals surface area contributed by atoms with E-state index in [1.807, 2.05) is 81.4 Å². The van der Waals surface area contributed by atoms with Crippen LogP contribution >= 0.6 is 0 Å². The minimum atomic E-state index is -0.850. The maximum atomic E-state index is 13.8. The van der Waals surface area contributed by atoms with Crippen LogP contribution in [0.5, 0.6) is 0 Å². The van der Waals surface area contributed by atoms with Crippen molar-refractivity contribution in [2.24, 2.45) is 57.7 Å². The van der Waals surface area contributed by atoms with Gasteiger partial charge in [-0.1, -0.05) is 121 Å². The molecule has 5 aliphatic rings. The summed E-state index contributed by atoms with van der Waals surface area (Å²) in [4.78, 5) is 27.1. The van der Waals surface area contributed by atoms with E-state index < -0.39 is 36.1 Å². The van der Waals surface area contributed by atoms with Crippen molar-refractivity contribution in [3.05, 3.63) is 84.4 Å². The summed E-state index contributed by atoms with van der Waals surface area (Å²) in [6.45, 7) is 22.6. The van der Waals surface area contributed by atoms with Crippen molar-refractivity contribution in [1.82, 2.24) is 5.32 Å². The van der Waals surface area contributed by atoms with Gasteiger partial charge in [-0.2, -0.15) is 0 Å². The number of carbonyl (C=O) groups is 2. The van der Waals surface area contributed by atoms with Crippen LogP contribution in [-0.2, 0) is 46.5 Å². The van der Waals surface area contributed by atoms with Gasteiger partial charge < -0.3 is 29.0 Å². The third kappa shape index (κ3) is 11.8. The van der Waals surface area contributed by atoms with Gasteiger partial charge in [-0.3, -0.25) is 9.59 Å². The van der Waals surface area contributed by atoms with Crippen molar-refractivity contribution in [3.8, 4) is 0 Å². The third-order valence-electron chi connectivity index (χ3n) is 17.3. The highest BCUT2D eigenvalue weighted by molar-refractivity contribution is 5.76. The third-order valence-corrected chi connectivity index (χ3v) is 17.3. The van der Waals surface area contributed by atoms with Crippen LogP contribution in [0.25, 0.3) is 0 Å². The van der Waals surface area contributed by atoms with Crippen LogP contribution in [0.3, 0.4) is 0 Å². The number of amides is 1. The lowest BCUT2D eigenvalue weighted by molar-refractivity contribution is -0.304. The molecular formula is C57H85NO7. The maximum Gasteiger partial charge on any atom is 0.311 e. The number of nitrogens with one attached hydrogen (secondary N) is 1. The normalized spacial score (nSPS) is 35.1. The first-order valence-corrected chi connectivity index (χ1v) is 25.8. The molecule has 4 aliphatic carbocycles. The van der Waals surface area contributed by atoms with Crippen LogP contribution in [0.2, 0.25) is 0 Å². The Kier molecular flexibility index (Phi) is 16.8. The van der Waals surface area contributed by atoms with E-state index in [-0.39, 0.29) is 43.0 Å². The Hall–Kier alpha value is -3.04. The SMILES string of the molecule is C=CCCC(=O)N[C@H]1[C@H](O[C@H]2CC[C@@]3(C)C(CC[C@H]4[C@@H]5CC[C@H]([C@H](C)CCCC(C)C)[C@@]5(C)CC[C@@H]43)C2)O[C@H](COC(=O)C(C)(C)C)[C@@H](OCc2ccccc2)[C@@H]1OCc1ccccc1. The number of benzene rings is 2. The van der Waals surface area contributed by atoms with Gasteiger partial charge in [0.25, 0.3) is 0 Å². The van der Waals surface area contributed by atoms with E-state index >= 15 is 0 Å². The van der Waals surface area contributed by atoms with Crippen LogP contribution in [-0.4, -0.2) is 55.2 Å². The Bertz CT molecular complexity index is 1830.